The minimum atomic E-state index is -0.925. The third-order valence-electron chi connectivity index (χ3n) is 3.72. The maximum absolute atomic E-state index is 12.8. The molecule has 0 saturated carbocycles. The molecule has 1 aliphatic heterocycles. The summed E-state index contributed by atoms with van der Waals surface area (Å²) in [6, 6.07) is 7.79. The van der Waals surface area contributed by atoms with Crippen molar-refractivity contribution in [1.82, 2.24) is 4.90 Å². The van der Waals surface area contributed by atoms with Gasteiger partial charge < -0.3 is 14.4 Å². The molecule has 0 spiro atoms. The topological polar surface area (TPSA) is 72.9 Å². The van der Waals surface area contributed by atoms with Gasteiger partial charge in [-0.3, -0.25) is 4.79 Å². The van der Waals surface area contributed by atoms with Gasteiger partial charge in [0.05, 0.1) is 7.11 Å². The molecule has 25 heavy (non-hydrogen) atoms. The van der Waals surface area contributed by atoms with Gasteiger partial charge in [0, 0.05) is 18.2 Å². The zero-order valence-electron chi connectivity index (χ0n) is 14.9. The van der Waals surface area contributed by atoms with Gasteiger partial charge in [0.25, 0.3) is 5.91 Å². The van der Waals surface area contributed by atoms with Gasteiger partial charge in [0.1, 0.15) is 5.60 Å². The van der Waals surface area contributed by atoms with Crippen molar-refractivity contribution in [3.63, 3.8) is 0 Å². The lowest BCUT2D eigenvalue weighted by Gasteiger charge is -2.28. The summed E-state index contributed by atoms with van der Waals surface area (Å²) < 4.78 is 10.1. The maximum Gasteiger partial charge on any atom is 0.333 e. The molecule has 0 N–H and O–H groups in total. The second-order valence-corrected chi connectivity index (χ2v) is 6.79. The monoisotopic (exact) mass is 345 g/mol. The summed E-state index contributed by atoms with van der Waals surface area (Å²) >= 11 is 0. The van der Waals surface area contributed by atoms with Crippen molar-refractivity contribution >= 4 is 17.8 Å². The molecule has 1 heterocycles. The fourth-order valence-corrected chi connectivity index (χ4v) is 2.68. The first kappa shape index (κ1) is 18.7. The number of carbonyl (C=O) groups is 3. The van der Waals surface area contributed by atoms with Gasteiger partial charge in [-0.05, 0) is 44.9 Å². The molecule has 0 bridgehead atoms. The Hall–Kier alpha value is -2.63. The molecular weight excluding hydrogens is 322 g/mol. The minimum Gasteiger partial charge on any atom is -0.466 e. The molecule has 1 saturated heterocycles. The lowest BCUT2D eigenvalue weighted by atomic mass is 10.1. The highest BCUT2D eigenvalue weighted by Gasteiger charge is 2.41. The first-order chi connectivity index (χ1) is 11.7. The van der Waals surface area contributed by atoms with Gasteiger partial charge in [-0.2, -0.15) is 0 Å². The fraction of sp³-hybridized carbons (Fsp3) is 0.421. The molecule has 6 nitrogen and oxygen atoms in total. The van der Waals surface area contributed by atoms with E-state index in [1.54, 1.807) is 45.0 Å². The highest BCUT2D eigenvalue weighted by atomic mass is 16.6. The highest BCUT2D eigenvalue weighted by molar-refractivity contribution is 5.99. The first-order valence-corrected chi connectivity index (χ1v) is 8.10. The Balaban J connectivity index is 2.35. The number of esters is 2. The number of nitrogens with zero attached hydrogens (tertiary/aromatic N) is 1. The van der Waals surface area contributed by atoms with Gasteiger partial charge in [-0.25, -0.2) is 9.59 Å². The lowest BCUT2D eigenvalue weighted by molar-refractivity contribution is -0.158. The first-order valence-electron chi connectivity index (χ1n) is 8.10. The lowest BCUT2D eigenvalue weighted by Crippen LogP contribution is -2.44. The number of rotatable bonds is 3. The molecule has 6 heteroatoms. The Bertz CT molecular complexity index is 688. The summed E-state index contributed by atoms with van der Waals surface area (Å²) in [5.41, 5.74) is 0.304. The number of methoxy groups -OCH3 is 1. The number of ether oxygens (including phenoxy) is 2. The van der Waals surface area contributed by atoms with Crippen LogP contribution in [-0.4, -0.2) is 48.0 Å². The number of likely N-dealkylation sites (tertiary alicyclic amines) is 1. The third kappa shape index (κ3) is 4.68. The summed E-state index contributed by atoms with van der Waals surface area (Å²) in [5.74, 6) is -1.38. The van der Waals surface area contributed by atoms with E-state index in [2.05, 4.69) is 4.74 Å². The van der Waals surface area contributed by atoms with Crippen molar-refractivity contribution in [2.75, 3.05) is 13.7 Å². The summed E-state index contributed by atoms with van der Waals surface area (Å²) in [7, 11) is 1.27. The van der Waals surface area contributed by atoms with E-state index < -0.39 is 23.6 Å². The molecule has 2 rings (SSSR count). The van der Waals surface area contributed by atoms with Crippen LogP contribution in [-0.2, 0) is 19.1 Å². The SMILES string of the molecule is COC(=O)/C=C1/CCN(C(=O)c2ccccc2)C1C(=O)OC(C)(C)C. The fourth-order valence-electron chi connectivity index (χ4n) is 2.68. The number of amides is 1. The van der Waals surface area contributed by atoms with Crippen LogP contribution in [0.5, 0.6) is 0 Å². The van der Waals surface area contributed by atoms with Crippen molar-refractivity contribution < 1.29 is 23.9 Å². The van der Waals surface area contributed by atoms with Crippen LogP contribution >= 0.6 is 0 Å². The molecule has 1 aliphatic rings. The molecule has 1 atom stereocenters. The second kappa shape index (κ2) is 7.51. The predicted molar refractivity (Wildman–Crippen MR) is 91.8 cm³/mol. The number of carbonyl (C=O) groups excluding carboxylic acids is 3. The van der Waals surface area contributed by atoms with E-state index in [4.69, 9.17) is 4.74 Å². The van der Waals surface area contributed by atoms with Gasteiger partial charge in [-0.1, -0.05) is 18.2 Å². The molecule has 1 fully saturated rings. The molecule has 1 aromatic carbocycles. The van der Waals surface area contributed by atoms with Crippen LogP contribution in [0.25, 0.3) is 0 Å². The van der Waals surface area contributed by atoms with Crippen molar-refractivity contribution in [2.45, 2.75) is 38.8 Å². The van der Waals surface area contributed by atoms with Gasteiger partial charge >= 0.3 is 11.9 Å². The summed E-state index contributed by atoms with van der Waals surface area (Å²) in [6.07, 6.45) is 1.68. The zero-order valence-corrected chi connectivity index (χ0v) is 14.9. The molecule has 1 unspecified atom stereocenters. The van der Waals surface area contributed by atoms with Crippen LogP contribution in [0.4, 0.5) is 0 Å². The van der Waals surface area contributed by atoms with Gasteiger partial charge in [-0.15, -0.1) is 0 Å². The van der Waals surface area contributed by atoms with E-state index >= 15 is 0 Å². The maximum atomic E-state index is 12.8. The summed E-state index contributed by atoms with van der Waals surface area (Å²) in [6.45, 7) is 5.60. The Morgan fingerprint density at radius 2 is 1.80 bits per heavy atom. The van der Waals surface area contributed by atoms with Crippen LogP contribution in [0.1, 0.15) is 37.6 Å². The normalized spacial score (nSPS) is 19.0. The van der Waals surface area contributed by atoms with Gasteiger partial charge in [0.2, 0.25) is 0 Å². The molecule has 0 aliphatic carbocycles. The van der Waals surface area contributed by atoms with E-state index in [1.165, 1.54) is 18.1 Å². The number of hydrogen-bond acceptors (Lipinski definition) is 5. The van der Waals surface area contributed by atoms with E-state index in [0.717, 1.165) is 0 Å². The Morgan fingerprint density at radius 1 is 1.16 bits per heavy atom. The van der Waals surface area contributed by atoms with Crippen molar-refractivity contribution in [1.29, 1.82) is 0 Å². The Labute approximate surface area is 147 Å². The minimum absolute atomic E-state index is 0.273. The van der Waals surface area contributed by atoms with Gasteiger partial charge in [0.15, 0.2) is 6.04 Å². The smallest absolute Gasteiger partial charge is 0.333 e. The Morgan fingerprint density at radius 3 is 2.36 bits per heavy atom. The van der Waals surface area contributed by atoms with E-state index in [1.807, 2.05) is 6.07 Å². The third-order valence-corrected chi connectivity index (χ3v) is 3.72. The second-order valence-electron chi connectivity index (χ2n) is 6.79. The van der Waals surface area contributed by atoms with Crippen LogP contribution < -0.4 is 0 Å². The number of hydrogen-bond donors (Lipinski definition) is 0. The average molecular weight is 345 g/mol. The molecular formula is C19H23NO5. The van der Waals surface area contributed by atoms with Crippen LogP contribution in [0, 0.1) is 0 Å². The molecule has 1 amide bonds. The van der Waals surface area contributed by atoms with E-state index in [9.17, 15) is 14.4 Å². The molecule has 1 aromatic rings. The van der Waals surface area contributed by atoms with Crippen molar-refractivity contribution in [2.24, 2.45) is 0 Å². The Kier molecular flexibility index (Phi) is 5.62. The molecule has 0 aromatic heterocycles. The quantitative estimate of drug-likeness (QED) is 0.621. The largest absolute Gasteiger partial charge is 0.466 e. The van der Waals surface area contributed by atoms with Crippen molar-refractivity contribution in [3.05, 3.63) is 47.5 Å². The number of benzene rings is 1. The zero-order chi connectivity index (χ0) is 18.6. The van der Waals surface area contributed by atoms with E-state index in [-0.39, 0.29) is 5.91 Å². The average Bonchev–Trinajstić information content (AvgIpc) is 2.96. The molecule has 134 valence electrons. The van der Waals surface area contributed by atoms with Crippen molar-refractivity contribution in [3.8, 4) is 0 Å². The summed E-state index contributed by atoms with van der Waals surface area (Å²) in [4.78, 5) is 38.5. The summed E-state index contributed by atoms with van der Waals surface area (Å²) in [5, 5.41) is 0. The highest BCUT2D eigenvalue weighted by Crippen LogP contribution is 2.28. The van der Waals surface area contributed by atoms with Crippen LogP contribution in [0.2, 0.25) is 0 Å². The standard InChI is InChI=1S/C19H23NO5/c1-19(2,3)25-18(23)16-14(12-15(21)24-4)10-11-20(16)17(22)13-8-6-5-7-9-13/h5-9,12,16H,10-11H2,1-4H3/b14-12-. The van der Waals surface area contributed by atoms with Crippen LogP contribution in [0.15, 0.2) is 42.0 Å². The molecule has 0 radical (unpaired) electrons. The van der Waals surface area contributed by atoms with E-state index in [0.29, 0.717) is 24.1 Å². The predicted octanol–water partition coefficient (Wildman–Crippen LogP) is 2.34. The van der Waals surface area contributed by atoms with Crippen LogP contribution in [0.3, 0.4) is 0 Å².